The fourth-order valence-electron chi connectivity index (χ4n) is 3.89. The number of anilines is 1. The minimum absolute atomic E-state index is 0.0426. The van der Waals surface area contributed by atoms with Crippen LogP contribution in [0.25, 0.3) is 0 Å². The molecular weight excluding hydrogens is 522 g/mol. The third kappa shape index (κ3) is 7.36. The van der Waals surface area contributed by atoms with Gasteiger partial charge < -0.3 is 10.2 Å². The van der Waals surface area contributed by atoms with E-state index in [4.69, 9.17) is 11.6 Å². The average Bonchev–Trinajstić information content (AvgIpc) is 2.89. The lowest BCUT2D eigenvalue weighted by molar-refractivity contribution is -0.139. The van der Waals surface area contributed by atoms with E-state index in [-0.39, 0.29) is 29.0 Å². The Morgan fingerprint density at radius 1 is 0.921 bits per heavy atom. The highest BCUT2D eigenvalue weighted by molar-refractivity contribution is 7.92. The first kappa shape index (κ1) is 29.2. The molecule has 1 unspecified atom stereocenters. The molecule has 0 spiro atoms. The van der Waals surface area contributed by atoms with Gasteiger partial charge in [-0.3, -0.25) is 13.9 Å². The molecule has 0 aliphatic carbocycles. The van der Waals surface area contributed by atoms with Gasteiger partial charge in [0.1, 0.15) is 12.6 Å². The van der Waals surface area contributed by atoms with Gasteiger partial charge >= 0.3 is 0 Å². The summed E-state index contributed by atoms with van der Waals surface area (Å²) in [6.07, 6.45) is 0. The lowest BCUT2D eigenvalue weighted by atomic mass is 10.1. The van der Waals surface area contributed by atoms with Crippen LogP contribution < -0.4 is 9.62 Å². The number of rotatable bonds is 11. The van der Waals surface area contributed by atoms with Crippen molar-refractivity contribution in [2.75, 3.05) is 17.4 Å². The SMILES string of the molecule is Cc1ccccc1CN(C(=O)CN(c1cccc(Cl)c1)S(=O)(=O)c1ccccc1)C(C)C(=O)NCC(C)C. The van der Waals surface area contributed by atoms with Crippen LogP contribution >= 0.6 is 11.6 Å². The molecule has 0 aromatic heterocycles. The monoisotopic (exact) mass is 555 g/mol. The van der Waals surface area contributed by atoms with Gasteiger partial charge in [-0.1, -0.05) is 74.0 Å². The number of nitrogens with one attached hydrogen (secondary N) is 1. The van der Waals surface area contributed by atoms with Gasteiger partial charge in [0.15, 0.2) is 0 Å². The van der Waals surface area contributed by atoms with Crippen LogP contribution in [0.15, 0.2) is 83.8 Å². The van der Waals surface area contributed by atoms with Crippen molar-refractivity contribution < 1.29 is 18.0 Å². The van der Waals surface area contributed by atoms with Gasteiger partial charge in [0.25, 0.3) is 10.0 Å². The van der Waals surface area contributed by atoms with E-state index in [2.05, 4.69) is 5.32 Å². The van der Waals surface area contributed by atoms with Gasteiger partial charge in [0, 0.05) is 18.1 Å². The number of amides is 2. The highest BCUT2D eigenvalue weighted by atomic mass is 35.5. The van der Waals surface area contributed by atoms with E-state index < -0.39 is 28.5 Å². The smallest absolute Gasteiger partial charge is 0.264 e. The Hall–Kier alpha value is -3.36. The normalized spacial score (nSPS) is 12.2. The van der Waals surface area contributed by atoms with Crippen LogP contribution in [-0.4, -0.2) is 44.3 Å². The predicted molar refractivity (Wildman–Crippen MR) is 151 cm³/mol. The molecule has 0 saturated heterocycles. The molecule has 0 radical (unpaired) electrons. The number of carbonyl (C=O) groups is 2. The lowest BCUT2D eigenvalue weighted by Crippen LogP contribution is -2.51. The molecule has 1 atom stereocenters. The van der Waals surface area contributed by atoms with E-state index >= 15 is 0 Å². The molecule has 0 heterocycles. The molecule has 0 aliphatic heterocycles. The Bertz CT molecular complexity index is 1360. The summed E-state index contributed by atoms with van der Waals surface area (Å²) in [6, 6.07) is 21.0. The van der Waals surface area contributed by atoms with E-state index in [9.17, 15) is 18.0 Å². The minimum Gasteiger partial charge on any atom is -0.354 e. The van der Waals surface area contributed by atoms with E-state index in [1.807, 2.05) is 45.0 Å². The predicted octanol–water partition coefficient (Wildman–Crippen LogP) is 5.03. The van der Waals surface area contributed by atoms with Crippen molar-refractivity contribution in [2.24, 2.45) is 5.92 Å². The second kappa shape index (κ2) is 12.9. The molecule has 0 bridgehead atoms. The van der Waals surface area contributed by atoms with Crippen molar-refractivity contribution in [3.63, 3.8) is 0 Å². The largest absolute Gasteiger partial charge is 0.354 e. The summed E-state index contributed by atoms with van der Waals surface area (Å²) in [4.78, 5) is 28.4. The Morgan fingerprint density at radius 3 is 2.21 bits per heavy atom. The number of carbonyl (C=O) groups excluding carboxylic acids is 2. The maximum Gasteiger partial charge on any atom is 0.264 e. The minimum atomic E-state index is -4.12. The van der Waals surface area contributed by atoms with Crippen molar-refractivity contribution in [1.29, 1.82) is 0 Å². The highest BCUT2D eigenvalue weighted by Crippen LogP contribution is 2.27. The van der Waals surface area contributed by atoms with Gasteiger partial charge in [0.05, 0.1) is 10.6 Å². The molecule has 3 rings (SSSR count). The molecule has 3 aromatic rings. The standard InChI is InChI=1S/C29H34ClN3O4S/c1-21(2)18-31-29(35)23(4)32(19-24-12-9-8-11-22(24)3)28(34)20-33(26-14-10-13-25(30)17-26)38(36,37)27-15-6-5-7-16-27/h5-17,21,23H,18-20H2,1-4H3,(H,31,35). The summed E-state index contributed by atoms with van der Waals surface area (Å²) in [7, 11) is -4.12. The first-order valence-electron chi connectivity index (χ1n) is 12.5. The summed E-state index contributed by atoms with van der Waals surface area (Å²) in [5, 5.41) is 3.22. The van der Waals surface area contributed by atoms with Gasteiger partial charge in [0.2, 0.25) is 11.8 Å². The van der Waals surface area contributed by atoms with Crippen LogP contribution in [0.4, 0.5) is 5.69 Å². The fourth-order valence-corrected chi connectivity index (χ4v) is 5.50. The summed E-state index contributed by atoms with van der Waals surface area (Å²) >= 11 is 6.19. The van der Waals surface area contributed by atoms with Crippen molar-refractivity contribution in [2.45, 2.75) is 45.2 Å². The van der Waals surface area contributed by atoms with Crippen LogP contribution in [0.3, 0.4) is 0 Å². The maximum atomic E-state index is 13.9. The summed E-state index contributed by atoms with van der Waals surface area (Å²) in [6.45, 7) is 7.66. The molecule has 0 aliphatic rings. The molecule has 0 fully saturated rings. The lowest BCUT2D eigenvalue weighted by Gasteiger charge is -2.32. The number of halogens is 1. The highest BCUT2D eigenvalue weighted by Gasteiger charge is 2.32. The van der Waals surface area contributed by atoms with Crippen LogP contribution in [0.5, 0.6) is 0 Å². The molecule has 38 heavy (non-hydrogen) atoms. The third-order valence-electron chi connectivity index (χ3n) is 6.16. The zero-order valence-corrected chi connectivity index (χ0v) is 23.7. The first-order valence-corrected chi connectivity index (χ1v) is 14.3. The molecule has 3 aromatic carbocycles. The number of nitrogens with zero attached hydrogens (tertiary/aromatic N) is 2. The number of sulfonamides is 1. The zero-order chi connectivity index (χ0) is 27.9. The second-order valence-electron chi connectivity index (χ2n) is 9.57. The second-order valence-corrected chi connectivity index (χ2v) is 11.9. The van der Waals surface area contributed by atoms with Crippen molar-refractivity contribution >= 4 is 39.1 Å². The van der Waals surface area contributed by atoms with E-state index in [0.717, 1.165) is 15.4 Å². The topological polar surface area (TPSA) is 86.8 Å². The molecule has 9 heteroatoms. The Morgan fingerprint density at radius 2 is 1.58 bits per heavy atom. The Balaban J connectivity index is 2.01. The summed E-state index contributed by atoms with van der Waals surface area (Å²) < 4.78 is 28.5. The van der Waals surface area contributed by atoms with Crippen LogP contribution in [0, 0.1) is 12.8 Å². The van der Waals surface area contributed by atoms with Crippen LogP contribution in [0.1, 0.15) is 31.9 Å². The zero-order valence-electron chi connectivity index (χ0n) is 22.1. The quantitative estimate of drug-likeness (QED) is 0.359. The number of aryl methyl sites for hydroxylation is 1. The van der Waals surface area contributed by atoms with Gasteiger partial charge in [-0.2, -0.15) is 0 Å². The molecule has 0 saturated carbocycles. The molecule has 7 nitrogen and oxygen atoms in total. The summed E-state index contributed by atoms with van der Waals surface area (Å²) in [5.74, 6) is -0.582. The van der Waals surface area contributed by atoms with E-state index in [1.165, 1.54) is 23.1 Å². The molecule has 202 valence electrons. The van der Waals surface area contributed by atoms with Crippen molar-refractivity contribution in [3.8, 4) is 0 Å². The van der Waals surface area contributed by atoms with Gasteiger partial charge in [-0.15, -0.1) is 0 Å². The van der Waals surface area contributed by atoms with Crippen molar-refractivity contribution in [1.82, 2.24) is 10.2 Å². The molecule has 1 N–H and O–H groups in total. The average molecular weight is 556 g/mol. The van der Waals surface area contributed by atoms with Crippen LogP contribution in [-0.2, 0) is 26.2 Å². The Labute approximate surface area is 230 Å². The van der Waals surface area contributed by atoms with E-state index in [0.29, 0.717) is 11.6 Å². The van der Waals surface area contributed by atoms with Crippen molar-refractivity contribution in [3.05, 3.63) is 95.0 Å². The van der Waals surface area contributed by atoms with Crippen LogP contribution in [0.2, 0.25) is 5.02 Å². The number of hydrogen-bond donors (Lipinski definition) is 1. The number of benzene rings is 3. The summed E-state index contributed by atoms with van der Waals surface area (Å²) in [5.41, 5.74) is 2.08. The molecular formula is C29H34ClN3O4S. The van der Waals surface area contributed by atoms with Gasteiger partial charge in [-0.05, 0) is 61.2 Å². The Kier molecular flexibility index (Phi) is 9.94. The third-order valence-corrected chi connectivity index (χ3v) is 8.18. The fraction of sp³-hybridized carbons (Fsp3) is 0.310. The van der Waals surface area contributed by atoms with E-state index in [1.54, 1.807) is 43.3 Å². The van der Waals surface area contributed by atoms with Gasteiger partial charge in [-0.25, -0.2) is 8.42 Å². The first-order chi connectivity index (χ1) is 18.0. The molecule has 2 amide bonds. The maximum absolute atomic E-state index is 13.9. The number of hydrogen-bond acceptors (Lipinski definition) is 4.